The summed E-state index contributed by atoms with van der Waals surface area (Å²) in [6.45, 7) is 0.557. The van der Waals surface area contributed by atoms with Gasteiger partial charge >= 0.3 is 6.18 Å². The summed E-state index contributed by atoms with van der Waals surface area (Å²) in [7, 11) is 0. The Morgan fingerprint density at radius 2 is 2.06 bits per heavy atom. The van der Waals surface area contributed by atoms with Gasteiger partial charge in [-0.15, -0.1) is 0 Å². The number of alkyl halides is 3. The zero-order chi connectivity index (χ0) is 12.3. The molecule has 0 fully saturated rings. The molecule has 2 aromatic heterocycles. The van der Waals surface area contributed by atoms with Crippen LogP contribution in [-0.4, -0.2) is 4.98 Å². The van der Waals surface area contributed by atoms with E-state index in [4.69, 9.17) is 0 Å². The first kappa shape index (κ1) is 11.9. The molecular weight excluding hydrogens is 249 g/mol. The first-order chi connectivity index (χ1) is 8.05. The Balaban J connectivity index is 1.99. The number of anilines is 1. The van der Waals surface area contributed by atoms with E-state index in [0.29, 0.717) is 12.4 Å². The van der Waals surface area contributed by atoms with Gasteiger partial charge in [-0.3, -0.25) is 0 Å². The highest BCUT2D eigenvalue weighted by Gasteiger charge is 2.30. The van der Waals surface area contributed by atoms with Gasteiger partial charge in [0.05, 0.1) is 5.56 Å². The lowest BCUT2D eigenvalue weighted by atomic mass is 10.2. The number of hydrogen-bond acceptors (Lipinski definition) is 3. The van der Waals surface area contributed by atoms with Crippen molar-refractivity contribution in [3.8, 4) is 0 Å². The van der Waals surface area contributed by atoms with Crippen molar-refractivity contribution in [1.82, 2.24) is 4.98 Å². The number of pyridine rings is 1. The van der Waals surface area contributed by atoms with E-state index in [9.17, 15) is 13.2 Å². The maximum absolute atomic E-state index is 12.3. The minimum atomic E-state index is -4.33. The van der Waals surface area contributed by atoms with Crippen LogP contribution in [0.4, 0.5) is 19.0 Å². The fourth-order valence-electron chi connectivity index (χ4n) is 1.25. The van der Waals surface area contributed by atoms with Gasteiger partial charge in [-0.05, 0) is 34.5 Å². The molecule has 90 valence electrons. The van der Waals surface area contributed by atoms with Gasteiger partial charge in [-0.25, -0.2) is 4.98 Å². The van der Waals surface area contributed by atoms with Crippen molar-refractivity contribution in [2.45, 2.75) is 12.7 Å². The van der Waals surface area contributed by atoms with Crippen LogP contribution in [0.25, 0.3) is 0 Å². The fraction of sp³-hybridized carbons (Fsp3) is 0.182. The molecule has 1 N–H and O–H groups in total. The van der Waals surface area contributed by atoms with Crippen molar-refractivity contribution in [3.63, 3.8) is 0 Å². The lowest BCUT2D eigenvalue weighted by Gasteiger charge is -2.07. The number of hydrogen-bond donors (Lipinski definition) is 1. The van der Waals surface area contributed by atoms with Gasteiger partial charge < -0.3 is 5.32 Å². The van der Waals surface area contributed by atoms with Crippen LogP contribution in [0.2, 0.25) is 0 Å². The van der Waals surface area contributed by atoms with Crippen molar-refractivity contribution in [3.05, 3.63) is 46.3 Å². The summed E-state index contributed by atoms with van der Waals surface area (Å²) < 4.78 is 36.8. The molecule has 0 bridgehead atoms. The number of nitrogens with zero attached hydrogens (tertiary/aromatic N) is 1. The van der Waals surface area contributed by atoms with Gasteiger partial charge in [-0.2, -0.15) is 24.5 Å². The molecule has 17 heavy (non-hydrogen) atoms. The Morgan fingerprint density at radius 3 is 2.59 bits per heavy atom. The molecule has 0 spiro atoms. The molecule has 0 aliphatic rings. The molecule has 0 unspecified atom stereocenters. The number of thiophene rings is 1. The lowest BCUT2D eigenvalue weighted by molar-refractivity contribution is -0.137. The second kappa shape index (κ2) is 4.75. The molecule has 0 amide bonds. The van der Waals surface area contributed by atoms with Crippen LogP contribution >= 0.6 is 11.3 Å². The number of rotatable bonds is 3. The highest BCUT2D eigenvalue weighted by atomic mass is 32.1. The maximum Gasteiger partial charge on any atom is 0.417 e. The highest BCUT2D eigenvalue weighted by Crippen LogP contribution is 2.28. The Labute approximate surface area is 100 Å². The van der Waals surface area contributed by atoms with Crippen LogP contribution in [0.1, 0.15) is 11.1 Å². The van der Waals surface area contributed by atoms with Crippen LogP contribution in [-0.2, 0) is 12.7 Å². The van der Waals surface area contributed by atoms with Gasteiger partial charge in [0.15, 0.2) is 0 Å². The van der Waals surface area contributed by atoms with Crippen LogP contribution in [0, 0.1) is 0 Å². The van der Waals surface area contributed by atoms with E-state index in [2.05, 4.69) is 10.3 Å². The van der Waals surface area contributed by atoms with Crippen LogP contribution in [0.5, 0.6) is 0 Å². The second-order valence-corrected chi connectivity index (χ2v) is 4.20. The van der Waals surface area contributed by atoms with Crippen LogP contribution < -0.4 is 5.32 Å². The smallest absolute Gasteiger partial charge is 0.366 e. The monoisotopic (exact) mass is 258 g/mol. The maximum atomic E-state index is 12.3. The van der Waals surface area contributed by atoms with Gasteiger partial charge in [-0.1, -0.05) is 0 Å². The average molecular weight is 258 g/mol. The molecule has 2 rings (SSSR count). The van der Waals surface area contributed by atoms with Crippen molar-refractivity contribution < 1.29 is 13.2 Å². The van der Waals surface area contributed by atoms with Gasteiger partial charge in [0.2, 0.25) is 0 Å². The Kier molecular flexibility index (Phi) is 3.33. The SMILES string of the molecule is FC(F)(F)c1ccc(NCc2ccsc2)nc1. The summed E-state index contributed by atoms with van der Waals surface area (Å²) in [5.74, 6) is 0.434. The van der Waals surface area contributed by atoms with Gasteiger partial charge in [0.1, 0.15) is 5.82 Å². The van der Waals surface area contributed by atoms with Gasteiger partial charge in [0.25, 0.3) is 0 Å². The van der Waals surface area contributed by atoms with E-state index in [1.54, 1.807) is 11.3 Å². The molecule has 0 aromatic carbocycles. The van der Waals surface area contributed by atoms with E-state index >= 15 is 0 Å². The Morgan fingerprint density at radius 1 is 1.24 bits per heavy atom. The Hall–Kier alpha value is -1.56. The molecule has 0 saturated heterocycles. The highest BCUT2D eigenvalue weighted by molar-refractivity contribution is 7.07. The van der Waals surface area contributed by atoms with Crippen molar-refractivity contribution in [2.24, 2.45) is 0 Å². The predicted octanol–water partition coefficient (Wildman–Crippen LogP) is 3.77. The van der Waals surface area contributed by atoms with Crippen molar-refractivity contribution >= 4 is 17.2 Å². The molecule has 0 aliphatic carbocycles. The third kappa shape index (κ3) is 3.20. The number of nitrogens with one attached hydrogen (secondary N) is 1. The zero-order valence-corrected chi connectivity index (χ0v) is 9.48. The lowest BCUT2D eigenvalue weighted by Crippen LogP contribution is -2.06. The third-order valence-electron chi connectivity index (χ3n) is 2.14. The number of aromatic nitrogens is 1. The minimum Gasteiger partial charge on any atom is -0.366 e. The minimum absolute atomic E-state index is 0.434. The largest absolute Gasteiger partial charge is 0.417 e. The topological polar surface area (TPSA) is 24.9 Å². The molecule has 0 aliphatic heterocycles. The summed E-state index contributed by atoms with van der Waals surface area (Å²) >= 11 is 1.57. The molecule has 0 radical (unpaired) electrons. The van der Waals surface area contributed by atoms with E-state index in [-0.39, 0.29) is 0 Å². The van der Waals surface area contributed by atoms with E-state index in [0.717, 1.165) is 17.8 Å². The first-order valence-corrected chi connectivity index (χ1v) is 5.78. The Bertz CT molecular complexity index is 462. The fourth-order valence-corrected chi connectivity index (χ4v) is 1.92. The molecule has 2 aromatic rings. The first-order valence-electron chi connectivity index (χ1n) is 4.84. The quantitative estimate of drug-likeness (QED) is 0.906. The average Bonchev–Trinajstić information content (AvgIpc) is 2.78. The standard InChI is InChI=1S/C11H9F3N2S/c12-11(13,14)9-1-2-10(16-6-9)15-5-8-3-4-17-7-8/h1-4,6-7H,5H2,(H,15,16). The van der Waals surface area contributed by atoms with Crippen molar-refractivity contribution in [1.29, 1.82) is 0 Å². The summed E-state index contributed by atoms with van der Waals surface area (Å²) in [5, 5.41) is 6.86. The predicted molar refractivity (Wildman–Crippen MR) is 60.9 cm³/mol. The number of halogens is 3. The molecule has 0 atom stereocenters. The molecule has 2 nitrogen and oxygen atoms in total. The zero-order valence-electron chi connectivity index (χ0n) is 8.66. The normalized spacial score (nSPS) is 11.5. The molecular formula is C11H9F3N2S. The summed E-state index contributed by atoms with van der Waals surface area (Å²) in [4.78, 5) is 3.72. The molecule has 2 heterocycles. The third-order valence-corrected chi connectivity index (χ3v) is 2.88. The molecule has 0 saturated carbocycles. The van der Waals surface area contributed by atoms with Gasteiger partial charge in [0, 0.05) is 12.7 Å². The summed E-state index contributed by atoms with van der Waals surface area (Å²) in [5.41, 5.74) is 0.343. The van der Waals surface area contributed by atoms with E-state index < -0.39 is 11.7 Å². The second-order valence-electron chi connectivity index (χ2n) is 3.42. The van der Waals surface area contributed by atoms with Crippen LogP contribution in [0.3, 0.4) is 0 Å². The molecule has 6 heteroatoms. The van der Waals surface area contributed by atoms with E-state index in [1.807, 2.05) is 16.8 Å². The van der Waals surface area contributed by atoms with Crippen LogP contribution in [0.15, 0.2) is 35.2 Å². The van der Waals surface area contributed by atoms with E-state index in [1.165, 1.54) is 6.07 Å². The summed E-state index contributed by atoms with van der Waals surface area (Å²) in [6.07, 6.45) is -3.51. The summed E-state index contributed by atoms with van der Waals surface area (Å²) in [6, 6.07) is 4.29. The van der Waals surface area contributed by atoms with Crippen molar-refractivity contribution in [2.75, 3.05) is 5.32 Å².